The van der Waals surface area contributed by atoms with E-state index < -0.39 is 12.1 Å². The summed E-state index contributed by atoms with van der Waals surface area (Å²) >= 11 is 4.91. The molecule has 0 saturated heterocycles. The quantitative estimate of drug-likeness (QED) is 0.126. The minimum atomic E-state index is -0.700. The number of fused-ring (bicyclic) bond motifs is 1. The van der Waals surface area contributed by atoms with Crippen LogP contribution in [-0.4, -0.2) is 24.2 Å². The normalized spacial score (nSPS) is 11.9. The van der Waals surface area contributed by atoms with Crippen LogP contribution in [0.15, 0.2) is 87.8 Å². The van der Waals surface area contributed by atoms with Crippen molar-refractivity contribution in [2.24, 2.45) is 5.10 Å². The third kappa shape index (κ3) is 5.70. The summed E-state index contributed by atoms with van der Waals surface area (Å²) in [7, 11) is 0. The summed E-state index contributed by atoms with van der Waals surface area (Å²) in [5.74, 6) is 0.282. The molecule has 1 heterocycles. The first-order valence-electron chi connectivity index (χ1n) is 10.6. The van der Waals surface area contributed by atoms with Gasteiger partial charge in [-0.2, -0.15) is 5.10 Å². The molecule has 0 aliphatic rings. The summed E-state index contributed by atoms with van der Waals surface area (Å²) in [4.78, 5) is 25.2. The van der Waals surface area contributed by atoms with Crippen LogP contribution in [0.3, 0.4) is 0 Å². The van der Waals surface area contributed by atoms with E-state index in [1.54, 1.807) is 36.4 Å². The fourth-order valence-electron chi connectivity index (χ4n) is 3.20. The number of carbonyl (C=O) groups is 2. The number of carbonyl (C=O) groups excluding carboxylic acids is 2. The van der Waals surface area contributed by atoms with Crippen molar-refractivity contribution in [3.63, 3.8) is 0 Å². The van der Waals surface area contributed by atoms with Gasteiger partial charge in [0.05, 0.1) is 10.7 Å². The second-order valence-corrected chi connectivity index (χ2v) is 9.02. The molecule has 4 rings (SSSR count). The van der Waals surface area contributed by atoms with Gasteiger partial charge in [0.1, 0.15) is 16.4 Å². The molecule has 0 radical (unpaired) electrons. The molecule has 0 aliphatic carbocycles. The number of amides is 1. The van der Waals surface area contributed by atoms with Crippen LogP contribution in [-0.2, 0) is 4.79 Å². The number of nitrogens with zero attached hydrogens (tertiary/aromatic N) is 1. The Kier molecular flexibility index (Phi) is 7.72. The van der Waals surface area contributed by atoms with Crippen molar-refractivity contribution < 1.29 is 19.1 Å². The maximum atomic E-state index is 12.6. The van der Waals surface area contributed by atoms with Crippen LogP contribution in [0.5, 0.6) is 11.5 Å². The number of hydrazone groups is 1. The molecule has 1 atom stereocenters. The zero-order valence-corrected chi connectivity index (χ0v) is 20.6. The summed E-state index contributed by atoms with van der Waals surface area (Å²) in [5, 5.41) is 7.94. The van der Waals surface area contributed by atoms with E-state index in [0.717, 1.165) is 20.8 Å². The highest BCUT2D eigenvalue weighted by atomic mass is 79.9. The van der Waals surface area contributed by atoms with Gasteiger partial charge in [-0.1, -0.05) is 43.3 Å². The SMILES string of the molecule is CC[C@@H](Oc1ccc2ccccc2c1Br)C(=O)N/N=C\c1ccc(OC(=O)c2cccs2)cc1. The maximum absolute atomic E-state index is 12.6. The molecule has 8 heteroatoms. The van der Waals surface area contributed by atoms with Crippen LogP contribution in [0.25, 0.3) is 10.8 Å². The Bertz CT molecular complexity index is 1320. The molecule has 0 spiro atoms. The van der Waals surface area contributed by atoms with Gasteiger partial charge in [0.25, 0.3) is 5.91 Å². The molecule has 0 unspecified atom stereocenters. The molecule has 4 aromatic rings. The van der Waals surface area contributed by atoms with E-state index in [0.29, 0.717) is 22.8 Å². The molecule has 0 fully saturated rings. The third-order valence-electron chi connectivity index (χ3n) is 4.96. The summed E-state index contributed by atoms with van der Waals surface area (Å²) in [5.41, 5.74) is 3.27. The number of ether oxygens (including phenoxy) is 2. The lowest BCUT2D eigenvalue weighted by Gasteiger charge is -2.17. The summed E-state index contributed by atoms with van der Waals surface area (Å²) in [6.07, 6.45) is 1.29. The number of hydrogen-bond acceptors (Lipinski definition) is 6. The second kappa shape index (κ2) is 11.1. The Balaban J connectivity index is 1.34. The highest BCUT2D eigenvalue weighted by molar-refractivity contribution is 9.10. The van der Waals surface area contributed by atoms with E-state index in [1.807, 2.05) is 48.7 Å². The van der Waals surface area contributed by atoms with Crippen molar-refractivity contribution in [2.75, 3.05) is 0 Å². The zero-order chi connectivity index (χ0) is 23.9. The Morgan fingerprint density at radius 2 is 1.85 bits per heavy atom. The smallest absolute Gasteiger partial charge is 0.353 e. The number of rotatable bonds is 8. The van der Waals surface area contributed by atoms with Crippen LogP contribution < -0.4 is 14.9 Å². The van der Waals surface area contributed by atoms with E-state index in [1.165, 1.54) is 17.6 Å². The van der Waals surface area contributed by atoms with Crippen LogP contribution in [0.4, 0.5) is 0 Å². The molecule has 3 aromatic carbocycles. The van der Waals surface area contributed by atoms with Gasteiger partial charge < -0.3 is 9.47 Å². The Morgan fingerprint density at radius 1 is 1.06 bits per heavy atom. The van der Waals surface area contributed by atoms with Gasteiger partial charge in [0.15, 0.2) is 6.10 Å². The number of hydrogen-bond donors (Lipinski definition) is 1. The molecule has 1 amide bonds. The first-order valence-corrected chi connectivity index (χ1v) is 12.2. The number of benzene rings is 3. The number of esters is 1. The minimum Gasteiger partial charge on any atom is -0.479 e. The van der Waals surface area contributed by atoms with Crippen molar-refractivity contribution in [3.05, 3.63) is 93.1 Å². The van der Waals surface area contributed by atoms with E-state index in [4.69, 9.17) is 9.47 Å². The molecule has 6 nitrogen and oxygen atoms in total. The zero-order valence-electron chi connectivity index (χ0n) is 18.2. The van der Waals surface area contributed by atoms with Gasteiger partial charge in [0, 0.05) is 0 Å². The molecule has 1 N–H and O–H groups in total. The summed E-state index contributed by atoms with van der Waals surface area (Å²) in [6.45, 7) is 1.87. The average molecular weight is 537 g/mol. The van der Waals surface area contributed by atoms with Crippen LogP contribution in [0.1, 0.15) is 28.6 Å². The topological polar surface area (TPSA) is 77.0 Å². The molecule has 1 aromatic heterocycles. The third-order valence-corrected chi connectivity index (χ3v) is 6.63. The minimum absolute atomic E-state index is 0.347. The van der Waals surface area contributed by atoms with Gasteiger partial charge in [0.2, 0.25) is 0 Å². The lowest BCUT2D eigenvalue weighted by Crippen LogP contribution is -2.35. The van der Waals surface area contributed by atoms with Crippen LogP contribution in [0, 0.1) is 0 Å². The standard InChI is InChI=1S/C26H21BrN2O4S/c1-2-21(33-22-14-11-18-6-3-4-7-20(18)24(22)27)25(30)29-28-16-17-9-12-19(13-10-17)32-26(31)23-8-5-15-34-23/h3-16,21H,2H2,1H3,(H,29,30)/b28-16-/t21-/m1/s1. The van der Waals surface area contributed by atoms with E-state index in [2.05, 4.69) is 26.5 Å². The van der Waals surface area contributed by atoms with Gasteiger partial charge >= 0.3 is 5.97 Å². The average Bonchev–Trinajstić information content (AvgIpc) is 3.40. The van der Waals surface area contributed by atoms with Gasteiger partial charge in [-0.15, -0.1) is 11.3 Å². The van der Waals surface area contributed by atoms with E-state index in [-0.39, 0.29) is 5.91 Å². The number of halogens is 1. The van der Waals surface area contributed by atoms with Crippen LogP contribution >= 0.6 is 27.3 Å². The van der Waals surface area contributed by atoms with Gasteiger partial charge in [-0.25, -0.2) is 10.2 Å². The van der Waals surface area contributed by atoms with Gasteiger partial charge in [-0.3, -0.25) is 4.79 Å². The van der Waals surface area contributed by atoms with Crippen molar-refractivity contribution in [1.29, 1.82) is 0 Å². The highest BCUT2D eigenvalue weighted by Gasteiger charge is 2.19. The van der Waals surface area contributed by atoms with Crippen molar-refractivity contribution >= 4 is 56.1 Å². The largest absolute Gasteiger partial charge is 0.479 e. The first kappa shape index (κ1) is 23.7. The lowest BCUT2D eigenvalue weighted by atomic mass is 10.1. The van der Waals surface area contributed by atoms with Crippen LogP contribution in [0.2, 0.25) is 0 Å². The molecular formula is C26H21BrN2O4S. The molecular weight excluding hydrogens is 516 g/mol. The lowest BCUT2D eigenvalue weighted by molar-refractivity contribution is -0.128. The van der Waals surface area contributed by atoms with Crippen molar-refractivity contribution in [3.8, 4) is 11.5 Å². The van der Waals surface area contributed by atoms with E-state index >= 15 is 0 Å². The summed E-state index contributed by atoms with van der Waals surface area (Å²) < 4.78 is 12.1. The molecule has 0 bridgehead atoms. The molecule has 0 aliphatic heterocycles. The molecule has 34 heavy (non-hydrogen) atoms. The molecule has 0 saturated carbocycles. The predicted octanol–water partition coefficient (Wildman–Crippen LogP) is 6.19. The number of thiophene rings is 1. The fraction of sp³-hybridized carbons (Fsp3) is 0.115. The Labute approximate surface area is 209 Å². The Hall–Kier alpha value is -3.49. The second-order valence-electron chi connectivity index (χ2n) is 7.28. The molecule has 172 valence electrons. The summed E-state index contributed by atoms with van der Waals surface area (Å²) in [6, 6.07) is 22.1. The monoisotopic (exact) mass is 536 g/mol. The number of nitrogens with one attached hydrogen (secondary N) is 1. The fourth-order valence-corrected chi connectivity index (χ4v) is 4.38. The predicted molar refractivity (Wildman–Crippen MR) is 138 cm³/mol. The van der Waals surface area contributed by atoms with Crippen molar-refractivity contribution in [2.45, 2.75) is 19.4 Å². The Morgan fingerprint density at radius 3 is 2.59 bits per heavy atom. The highest BCUT2D eigenvalue weighted by Crippen LogP contribution is 2.33. The van der Waals surface area contributed by atoms with Crippen molar-refractivity contribution in [1.82, 2.24) is 5.43 Å². The van der Waals surface area contributed by atoms with Gasteiger partial charge in [-0.05, 0) is 80.5 Å². The first-order chi connectivity index (χ1) is 16.5. The van der Waals surface area contributed by atoms with E-state index in [9.17, 15) is 9.59 Å². The maximum Gasteiger partial charge on any atom is 0.353 e.